The number of aliphatic carboxylic acids is 1. The second-order valence-electron chi connectivity index (χ2n) is 6.44. The predicted molar refractivity (Wildman–Crippen MR) is 94.5 cm³/mol. The molecule has 7 nitrogen and oxygen atoms in total. The van der Waals surface area contributed by atoms with Crippen molar-refractivity contribution < 1.29 is 27.9 Å². The number of carbonyl (C=O) groups excluding carboxylic acids is 1. The molecule has 0 saturated heterocycles. The standard InChI is InChI=1S/C18H17F3N4O3/c19-18(20,21)13-8-22-17(23-11-6-4-10(9-26)5-7-11)25-15(13)24-14-3-1-2-12(14)16(27)28/h4-9,12,14H,1-3H2,(H,27,28)(H2,22,23,24,25)/t12-,14+/m0/s1. The Morgan fingerprint density at radius 1 is 1.21 bits per heavy atom. The highest BCUT2D eigenvalue weighted by atomic mass is 19.4. The maximum Gasteiger partial charge on any atom is 0.421 e. The summed E-state index contributed by atoms with van der Waals surface area (Å²) in [7, 11) is 0. The van der Waals surface area contributed by atoms with Gasteiger partial charge in [-0.2, -0.15) is 18.2 Å². The molecule has 1 aliphatic rings. The number of hydrogen-bond acceptors (Lipinski definition) is 6. The Morgan fingerprint density at radius 2 is 1.93 bits per heavy atom. The maximum absolute atomic E-state index is 13.3. The number of benzene rings is 1. The first-order valence-electron chi connectivity index (χ1n) is 8.54. The first-order chi connectivity index (χ1) is 13.3. The van der Waals surface area contributed by atoms with Crippen LogP contribution >= 0.6 is 0 Å². The molecule has 2 atom stereocenters. The van der Waals surface area contributed by atoms with Gasteiger partial charge in [0.25, 0.3) is 0 Å². The summed E-state index contributed by atoms with van der Waals surface area (Å²) >= 11 is 0. The van der Waals surface area contributed by atoms with Gasteiger partial charge in [-0.25, -0.2) is 4.98 Å². The number of halogens is 3. The molecule has 1 aromatic carbocycles. The highest BCUT2D eigenvalue weighted by Gasteiger charge is 2.38. The van der Waals surface area contributed by atoms with Crippen LogP contribution in [-0.4, -0.2) is 33.4 Å². The quantitative estimate of drug-likeness (QED) is 0.642. The number of alkyl halides is 3. The van der Waals surface area contributed by atoms with Gasteiger partial charge in [0.05, 0.1) is 5.92 Å². The molecule has 0 amide bonds. The third-order valence-electron chi connectivity index (χ3n) is 4.55. The lowest BCUT2D eigenvalue weighted by molar-refractivity contribution is -0.141. The minimum Gasteiger partial charge on any atom is -0.481 e. The van der Waals surface area contributed by atoms with Gasteiger partial charge in [-0.15, -0.1) is 0 Å². The number of anilines is 3. The molecule has 0 spiro atoms. The zero-order valence-corrected chi connectivity index (χ0v) is 14.5. The van der Waals surface area contributed by atoms with E-state index in [1.165, 1.54) is 12.1 Å². The van der Waals surface area contributed by atoms with Gasteiger partial charge in [0.15, 0.2) is 0 Å². The number of aldehydes is 1. The Morgan fingerprint density at radius 3 is 2.54 bits per heavy atom. The van der Waals surface area contributed by atoms with Gasteiger partial charge in [-0.1, -0.05) is 6.42 Å². The Hall–Kier alpha value is -3.17. The van der Waals surface area contributed by atoms with Gasteiger partial charge in [0.2, 0.25) is 5.95 Å². The summed E-state index contributed by atoms with van der Waals surface area (Å²) in [4.78, 5) is 29.6. The van der Waals surface area contributed by atoms with E-state index in [4.69, 9.17) is 0 Å². The molecule has 2 aromatic rings. The largest absolute Gasteiger partial charge is 0.481 e. The fourth-order valence-corrected chi connectivity index (χ4v) is 3.14. The molecule has 1 saturated carbocycles. The lowest BCUT2D eigenvalue weighted by Crippen LogP contribution is -2.31. The number of rotatable bonds is 6. The number of carboxylic acids is 1. The number of hydrogen-bond donors (Lipinski definition) is 3. The second-order valence-corrected chi connectivity index (χ2v) is 6.44. The molecule has 1 fully saturated rings. The molecule has 1 aliphatic carbocycles. The second kappa shape index (κ2) is 7.83. The molecule has 148 valence electrons. The van der Waals surface area contributed by atoms with Crippen LogP contribution in [0.4, 0.5) is 30.6 Å². The summed E-state index contributed by atoms with van der Waals surface area (Å²) in [6.07, 6.45) is -1.93. The van der Waals surface area contributed by atoms with Crippen LogP contribution < -0.4 is 10.6 Å². The lowest BCUT2D eigenvalue weighted by Gasteiger charge is -2.21. The van der Waals surface area contributed by atoms with Crippen molar-refractivity contribution in [3.63, 3.8) is 0 Å². The number of carbonyl (C=O) groups is 2. The van der Waals surface area contributed by atoms with Crippen LogP contribution in [0.5, 0.6) is 0 Å². The highest BCUT2D eigenvalue weighted by Crippen LogP contribution is 2.36. The van der Waals surface area contributed by atoms with Gasteiger partial charge in [0.1, 0.15) is 17.7 Å². The molecule has 3 N–H and O–H groups in total. The molecule has 1 heterocycles. The van der Waals surface area contributed by atoms with Crippen LogP contribution in [0.2, 0.25) is 0 Å². The zero-order valence-electron chi connectivity index (χ0n) is 14.5. The van der Waals surface area contributed by atoms with E-state index in [2.05, 4.69) is 20.6 Å². The van der Waals surface area contributed by atoms with Crippen LogP contribution in [0.25, 0.3) is 0 Å². The van der Waals surface area contributed by atoms with Crippen molar-refractivity contribution in [3.05, 3.63) is 41.6 Å². The summed E-state index contributed by atoms with van der Waals surface area (Å²) < 4.78 is 40.0. The molecule has 0 bridgehead atoms. The average molecular weight is 394 g/mol. The van der Waals surface area contributed by atoms with Crippen LogP contribution in [0.3, 0.4) is 0 Å². The monoisotopic (exact) mass is 394 g/mol. The first-order valence-corrected chi connectivity index (χ1v) is 8.54. The van der Waals surface area contributed by atoms with Crippen molar-refractivity contribution in [1.29, 1.82) is 0 Å². The number of nitrogens with one attached hydrogen (secondary N) is 2. The Labute approximate surface area is 158 Å². The highest BCUT2D eigenvalue weighted by molar-refractivity contribution is 5.76. The fourth-order valence-electron chi connectivity index (χ4n) is 3.14. The van der Waals surface area contributed by atoms with Gasteiger partial charge in [-0.05, 0) is 37.1 Å². The Bertz CT molecular complexity index is 871. The number of carboxylic acid groups (broad SMARTS) is 1. The molecule has 3 rings (SSSR count). The minimum atomic E-state index is -4.69. The SMILES string of the molecule is O=Cc1ccc(Nc2ncc(C(F)(F)F)c(N[C@@H]3CCC[C@@H]3C(=O)O)n2)cc1. The lowest BCUT2D eigenvalue weighted by atomic mass is 10.0. The van der Waals surface area contributed by atoms with Crippen LogP contribution in [0.1, 0.15) is 35.2 Å². The molecule has 28 heavy (non-hydrogen) atoms. The normalized spacial score (nSPS) is 19.2. The van der Waals surface area contributed by atoms with E-state index in [-0.39, 0.29) is 5.95 Å². The predicted octanol–water partition coefficient (Wildman–Crippen LogP) is 3.72. The Kier molecular flexibility index (Phi) is 5.48. The van der Waals surface area contributed by atoms with Crippen LogP contribution in [0, 0.1) is 5.92 Å². The number of aromatic nitrogens is 2. The molecular weight excluding hydrogens is 377 g/mol. The number of nitrogens with zero attached hydrogens (tertiary/aromatic N) is 2. The third kappa shape index (κ3) is 4.38. The minimum absolute atomic E-state index is 0.0841. The maximum atomic E-state index is 13.3. The molecular formula is C18H17F3N4O3. The van der Waals surface area contributed by atoms with E-state index in [0.29, 0.717) is 43.0 Å². The van der Waals surface area contributed by atoms with E-state index < -0.39 is 35.5 Å². The first kappa shape index (κ1) is 19.6. The van der Waals surface area contributed by atoms with E-state index in [9.17, 15) is 27.9 Å². The molecule has 0 radical (unpaired) electrons. The van der Waals surface area contributed by atoms with Crippen molar-refractivity contribution in [1.82, 2.24) is 9.97 Å². The summed E-state index contributed by atoms with van der Waals surface area (Å²) in [6.45, 7) is 0. The summed E-state index contributed by atoms with van der Waals surface area (Å²) in [5.41, 5.74) is -0.131. The van der Waals surface area contributed by atoms with Crippen molar-refractivity contribution in [2.75, 3.05) is 10.6 Å². The van der Waals surface area contributed by atoms with Crippen molar-refractivity contribution in [2.45, 2.75) is 31.5 Å². The average Bonchev–Trinajstić information content (AvgIpc) is 3.10. The molecule has 0 aliphatic heterocycles. The molecule has 1 aromatic heterocycles. The Balaban J connectivity index is 1.88. The summed E-state index contributed by atoms with van der Waals surface area (Å²) in [5, 5.41) is 14.7. The van der Waals surface area contributed by atoms with Crippen LogP contribution in [0.15, 0.2) is 30.5 Å². The third-order valence-corrected chi connectivity index (χ3v) is 4.55. The van der Waals surface area contributed by atoms with E-state index in [1.807, 2.05) is 0 Å². The topological polar surface area (TPSA) is 104 Å². The zero-order chi connectivity index (χ0) is 20.3. The van der Waals surface area contributed by atoms with E-state index >= 15 is 0 Å². The van der Waals surface area contributed by atoms with Gasteiger partial charge < -0.3 is 15.7 Å². The van der Waals surface area contributed by atoms with Crippen LogP contribution in [-0.2, 0) is 11.0 Å². The molecule has 0 unspecified atom stereocenters. The van der Waals surface area contributed by atoms with E-state index in [0.717, 1.165) is 0 Å². The molecule has 10 heteroatoms. The van der Waals surface area contributed by atoms with Gasteiger partial charge >= 0.3 is 12.1 Å². The van der Waals surface area contributed by atoms with Crippen molar-refractivity contribution in [2.24, 2.45) is 5.92 Å². The summed E-state index contributed by atoms with van der Waals surface area (Å²) in [6, 6.07) is 5.56. The summed E-state index contributed by atoms with van der Waals surface area (Å²) in [5.74, 6) is -2.37. The van der Waals surface area contributed by atoms with Crippen molar-refractivity contribution in [3.8, 4) is 0 Å². The smallest absolute Gasteiger partial charge is 0.421 e. The fraction of sp³-hybridized carbons (Fsp3) is 0.333. The van der Waals surface area contributed by atoms with E-state index in [1.54, 1.807) is 12.1 Å². The van der Waals surface area contributed by atoms with Gasteiger partial charge in [-0.3, -0.25) is 9.59 Å². The van der Waals surface area contributed by atoms with Crippen molar-refractivity contribution >= 4 is 29.7 Å². The van der Waals surface area contributed by atoms with Gasteiger partial charge in [0, 0.05) is 23.5 Å².